The lowest BCUT2D eigenvalue weighted by Gasteiger charge is -2.29. The molecular formula is C12H28N2. The van der Waals surface area contributed by atoms with E-state index in [4.69, 9.17) is 0 Å². The molecule has 0 fully saturated rings. The van der Waals surface area contributed by atoms with Crippen molar-refractivity contribution in [2.45, 2.75) is 47.1 Å². The third-order valence-corrected chi connectivity index (χ3v) is 2.88. The van der Waals surface area contributed by atoms with Crippen molar-refractivity contribution in [3.63, 3.8) is 0 Å². The zero-order valence-electron chi connectivity index (χ0n) is 10.9. The van der Waals surface area contributed by atoms with Gasteiger partial charge in [-0.25, -0.2) is 0 Å². The van der Waals surface area contributed by atoms with Gasteiger partial charge in [0.2, 0.25) is 0 Å². The van der Waals surface area contributed by atoms with E-state index >= 15 is 0 Å². The van der Waals surface area contributed by atoms with Crippen LogP contribution in [-0.2, 0) is 0 Å². The number of nitrogens with one attached hydrogen (secondary N) is 1. The van der Waals surface area contributed by atoms with Crippen molar-refractivity contribution in [3.05, 3.63) is 0 Å². The summed E-state index contributed by atoms with van der Waals surface area (Å²) >= 11 is 0. The van der Waals surface area contributed by atoms with Gasteiger partial charge >= 0.3 is 0 Å². The average Bonchev–Trinajstić information content (AvgIpc) is 2.11. The van der Waals surface area contributed by atoms with Gasteiger partial charge < -0.3 is 10.2 Å². The molecule has 0 aliphatic rings. The van der Waals surface area contributed by atoms with E-state index in [1.165, 1.54) is 13.0 Å². The van der Waals surface area contributed by atoms with Crippen LogP contribution in [0.15, 0.2) is 0 Å². The molecule has 1 N–H and O–H groups in total. The molecule has 0 aliphatic carbocycles. The van der Waals surface area contributed by atoms with Crippen LogP contribution in [0.5, 0.6) is 0 Å². The highest BCUT2D eigenvalue weighted by Gasteiger charge is 2.18. The Morgan fingerprint density at radius 2 is 1.86 bits per heavy atom. The molecule has 0 spiro atoms. The molecule has 0 bridgehead atoms. The van der Waals surface area contributed by atoms with Crippen LogP contribution in [-0.4, -0.2) is 37.6 Å². The first-order valence-electron chi connectivity index (χ1n) is 5.80. The van der Waals surface area contributed by atoms with E-state index < -0.39 is 0 Å². The predicted octanol–water partition coefficient (Wildman–Crippen LogP) is 2.35. The third kappa shape index (κ3) is 6.39. The first-order valence-corrected chi connectivity index (χ1v) is 5.80. The van der Waals surface area contributed by atoms with E-state index in [0.717, 1.165) is 13.1 Å². The molecular weight excluding hydrogens is 172 g/mol. The fraction of sp³-hybridized carbons (Fsp3) is 1.00. The fourth-order valence-corrected chi connectivity index (χ4v) is 1.29. The molecule has 0 aromatic carbocycles. The first kappa shape index (κ1) is 13.9. The summed E-state index contributed by atoms with van der Waals surface area (Å²) in [5.74, 6) is 0. The zero-order chi connectivity index (χ0) is 11.2. The summed E-state index contributed by atoms with van der Waals surface area (Å²) in [5, 5.41) is 3.42. The molecule has 0 unspecified atom stereocenters. The van der Waals surface area contributed by atoms with Crippen molar-refractivity contribution in [3.8, 4) is 0 Å². The van der Waals surface area contributed by atoms with Crippen LogP contribution in [0.3, 0.4) is 0 Å². The van der Waals surface area contributed by atoms with Crippen molar-refractivity contribution in [2.24, 2.45) is 5.41 Å². The van der Waals surface area contributed by atoms with Gasteiger partial charge in [0.25, 0.3) is 0 Å². The Kier molecular flexibility index (Phi) is 6.38. The van der Waals surface area contributed by atoms with Crippen LogP contribution in [0.2, 0.25) is 0 Å². The molecule has 2 nitrogen and oxygen atoms in total. The minimum atomic E-state index is 0.416. The van der Waals surface area contributed by atoms with Gasteiger partial charge in [-0.15, -0.1) is 0 Å². The first-order chi connectivity index (χ1) is 6.39. The molecule has 0 saturated carbocycles. The van der Waals surface area contributed by atoms with Gasteiger partial charge in [-0.05, 0) is 45.8 Å². The van der Waals surface area contributed by atoms with Crippen LogP contribution in [0.1, 0.15) is 41.0 Å². The Labute approximate surface area is 90.1 Å². The third-order valence-electron chi connectivity index (χ3n) is 2.88. The van der Waals surface area contributed by atoms with Crippen molar-refractivity contribution in [1.29, 1.82) is 0 Å². The number of rotatable bonds is 7. The maximum absolute atomic E-state index is 3.42. The molecule has 2 heteroatoms. The van der Waals surface area contributed by atoms with Crippen LogP contribution in [0.25, 0.3) is 0 Å². The van der Waals surface area contributed by atoms with E-state index in [9.17, 15) is 0 Å². The molecule has 0 atom stereocenters. The van der Waals surface area contributed by atoms with E-state index in [1.54, 1.807) is 0 Å². The molecule has 86 valence electrons. The molecule has 0 amide bonds. The summed E-state index contributed by atoms with van der Waals surface area (Å²) in [6.07, 6.45) is 1.26. The molecule has 0 aromatic rings. The van der Waals surface area contributed by atoms with Gasteiger partial charge in [-0.2, -0.15) is 0 Å². The van der Waals surface area contributed by atoms with Gasteiger partial charge in [-0.1, -0.05) is 20.8 Å². The summed E-state index contributed by atoms with van der Waals surface area (Å²) in [4.78, 5) is 2.41. The van der Waals surface area contributed by atoms with Crippen molar-refractivity contribution in [2.75, 3.05) is 26.7 Å². The van der Waals surface area contributed by atoms with E-state index in [0.29, 0.717) is 11.5 Å². The van der Waals surface area contributed by atoms with Gasteiger partial charge in [0.1, 0.15) is 0 Å². The van der Waals surface area contributed by atoms with Crippen molar-refractivity contribution < 1.29 is 0 Å². The second-order valence-electron chi connectivity index (χ2n) is 5.27. The second-order valence-corrected chi connectivity index (χ2v) is 5.27. The largest absolute Gasteiger partial charge is 0.316 e. The molecule has 0 saturated heterocycles. The van der Waals surface area contributed by atoms with Gasteiger partial charge in [0, 0.05) is 12.6 Å². The lowest BCUT2D eigenvalue weighted by molar-refractivity contribution is 0.213. The molecule has 0 aromatic heterocycles. The van der Waals surface area contributed by atoms with Crippen LogP contribution >= 0.6 is 0 Å². The maximum atomic E-state index is 3.42. The lowest BCUT2D eigenvalue weighted by atomic mass is 9.89. The van der Waals surface area contributed by atoms with Gasteiger partial charge in [0.05, 0.1) is 0 Å². The molecule has 0 heterocycles. The highest BCUT2D eigenvalue weighted by molar-refractivity contribution is 4.73. The Bertz CT molecular complexity index is 141. The van der Waals surface area contributed by atoms with Gasteiger partial charge in [-0.3, -0.25) is 0 Å². The SMILES string of the molecule is CCNCC(C)(C)CCN(C)C(C)C. The monoisotopic (exact) mass is 200 g/mol. The highest BCUT2D eigenvalue weighted by atomic mass is 15.1. The minimum absolute atomic E-state index is 0.416. The van der Waals surface area contributed by atoms with Crippen molar-refractivity contribution in [1.82, 2.24) is 10.2 Å². The normalized spacial score (nSPS) is 12.9. The predicted molar refractivity (Wildman–Crippen MR) is 64.7 cm³/mol. The maximum Gasteiger partial charge on any atom is 0.00355 e. The van der Waals surface area contributed by atoms with E-state index in [-0.39, 0.29) is 0 Å². The van der Waals surface area contributed by atoms with Crippen LogP contribution in [0, 0.1) is 5.41 Å². The topological polar surface area (TPSA) is 15.3 Å². The fourth-order valence-electron chi connectivity index (χ4n) is 1.29. The van der Waals surface area contributed by atoms with Crippen LogP contribution in [0.4, 0.5) is 0 Å². The Morgan fingerprint density at radius 3 is 2.29 bits per heavy atom. The second kappa shape index (κ2) is 6.41. The van der Waals surface area contributed by atoms with Crippen LogP contribution < -0.4 is 5.32 Å². The van der Waals surface area contributed by atoms with Crippen molar-refractivity contribution >= 4 is 0 Å². The van der Waals surface area contributed by atoms with Gasteiger partial charge in [0.15, 0.2) is 0 Å². The molecule has 14 heavy (non-hydrogen) atoms. The number of nitrogens with zero attached hydrogens (tertiary/aromatic N) is 1. The quantitative estimate of drug-likeness (QED) is 0.678. The highest BCUT2D eigenvalue weighted by Crippen LogP contribution is 2.19. The zero-order valence-corrected chi connectivity index (χ0v) is 10.9. The average molecular weight is 200 g/mol. The summed E-state index contributed by atoms with van der Waals surface area (Å²) in [5.41, 5.74) is 0.416. The van der Waals surface area contributed by atoms with E-state index in [2.05, 4.69) is 51.9 Å². The summed E-state index contributed by atoms with van der Waals surface area (Å²) in [7, 11) is 2.20. The number of hydrogen-bond donors (Lipinski definition) is 1. The molecule has 0 rings (SSSR count). The smallest absolute Gasteiger partial charge is 0.00355 e. The Morgan fingerprint density at radius 1 is 1.29 bits per heavy atom. The molecule has 0 aliphatic heterocycles. The standard InChI is InChI=1S/C12H28N2/c1-7-13-10-12(4,5)8-9-14(6)11(2)3/h11,13H,7-10H2,1-6H3. The summed E-state index contributed by atoms with van der Waals surface area (Å²) < 4.78 is 0. The lowest BCUT2D eigenvalue weighted by Crippen LogP contribution is -2.35. The molecule has 0 radical (unpaired) electrons. The Balaban J connectivity index is 3.74. The minimum Gasteiger partial charge on any atom is -0.316 e. The number of hydrogen-bond acceptors (Lipinski definition) is 2. The summed E-state index contributed by atoms with van der Waals surface area (Å²) in [6, 6.07) is 0.657. The van der Waals surface area contributed by atoms with E-state index in [1.807, 2.05) is 0 Å². The summed E-state index contributed by atoms with van der Waals surface area (Å²) in [6.45, 7) is 14.7. The Hall–Kier alpha value is -0.0800.